The lowest BCUT2D eigenvalue weighted by molar-refractivity contribution is -0.105. The second kappa shape index (κ2) is 6.18. The molecule has 1 aliphatic carbocycles. The SMILES string of the molecule is C[C@@H]1CN(C(=O)OC(C)(C)C)CCN1C1C=C(C=O)CC1. The minimum absolute atomic E-state index is 0.232. The molecule has 118 valence electrons. The van der Waals surface area contributed by atoms with Gasteiger partial charge in [-0.1, -0.05) is 6.08 Å². The summed E-state index contributed by atoms with van der Waals surface area (Å²) in [6.07, 6.45) is 4.68. The van der Waals surface area contributed by atoms with Crippen LogP contribution in [0.4, 0.5) is 4.79 Å². The molecule has 1 unspecified atom stereocenters. The number of allylic oxidation sites excluding steroid dienone is 1. The smallest absolute Gasteiger partial charge is 0.410 e. The van der Waals surface area contributed by atoms with Crippen molar-refractivity contribution in [2.75, 3.05) is 19.6 Å². The normalized spacial score (nSPS) is 27.4. The number of hydrogen-bond donors (Lipinski definition) is 0. The number of nitrogens with zero attached hydrogens (tertiary/aromatic N) is 2. The first-order valence-electron chi connectivity index (χ1n) is 7.69. The summed E-state index contributed by atoms with van der Waals surface area (Å²) >= 11 is 0. The largest absolute Gasteiger partial charge is 0.444 e. The van der Waals surface area contributed by atoms with Crippen LogP contribution in [0.25, 0.3) is 0 Å². The minimum atomic E-state index is -0.454. The topological polar surface area (TPSA) is 49.9 Å². The van der Waals surface area contributed by atoms with Crippen LogP contribution < -0.4 is 0 Å². The Balaban J connectivity index is 1.92. The predicted molar refractivity (Wildman–Crippen MR) is 81.1 cm³/mol. The van der Waals surface area contributed by atoms with E-state index in [4.69, 9.17) is 4.74 Å². The van der Waals surface area contributed by atoms with E-state index in [1.807, 2.05) is 20.8 Å². The summed E-state index contributed by atoms with van der Waals surface area (Å²) in [6.45, 7) is 9.96. The molecule has 2 atom stereocenters. The second-order valence-electron chi connectivity index (χ2n) is 6.98. The van der Waals surface area contributed by atoms with Crippen LogP contribution in [-0.4, -0.2) is 59.5 Å². The van der Waals surface area contributed by atoms with Gasteiger partial charge in [0.25, 0.3) is 0 Å². The molecule has 0 aromatic rings. The monoisotopic (exact) mass is 294 g/mol. The van der Waals surface area contributed by atoms with Gasteiger partial charge in [0.1, 0.15) is 11.9 Å². The molecular weight excluding hydrogens is 268 g/mol. The summed E-state index contributed by atoms with van der Waals surface area (Å²) < 4.78 is 5.43. The summed E-state index contributed by atoms with van der Waals surface area (Å²) in [7, 11) is 0. The Morgan fingerprint density at radius 3 is 2.62 bits per heavy atom. The molecule has 1 amide bonds. The van der Waals surface area contributed by atoms with Crippen LogP contribution in [0.2, 0.25) is 0 Å². The van der Waals surface area contributed by atoms with E-state index in [2.05, 4.69) is 17.9 Å². The summed E-state index contributed by atoms with van der Waals surface area (Å²) in [5, 5.41) is 0. The number of carbonyl (C=O) groups excluding carboxylic acids is 2. The maximum atomic E-state index is 12.1. The van der Waals surface area contributed by atoms with E-state index in [1.165, 1.54) is 0 Å². The zero-order valence-electron chi connectivity index (χ0n) is 13.5. The maximum Gasteiger partial charge on any atom is 0.410 e. The molecule has 0 saturated carbocycles. The number of hydrogen-bond acceptors (Lipinski definition) is 4. The molecule has 21 heavy (non-hydrogen) atoms. The van der Waals surface area contributed by atoms with Crippen molar-refractivity contribution >= 4 is 12.4 Å². The van der Waals surface area contributed by atoms with E-state index in [0.29, 0.717) is 19.1 Å². The van der Waals surface area contributed by atoms with Gasteiger partial charge < -0.3 is 9.64 Å². The fourth-order valence-electron chi connectivity index (χ4n) is 3.04. The summed E-state index contributed by atoms with van der Waals surface area (Å²) in [6, 6.07) is 0.611. The average molecular weight is 294 g/mol. The van der Waals surface area contributed by atoms with Gasteiger partial charge in [0.2, 0.25) is 0 Å². The van der Waals surface area contributed by atoms with Gasteiger partial charge in [0, 0.05) is 31.7 Å². The van der Waals surface area contributed by atoms with Crippen LogP contribution in [0.5, 0.6) is 0 Å². The molecule has 0 spiro atoms. The third kappa shape index (κ3) is 4.06. The molecule has 1 fully saturated rings. The van der Waals surface area contributed by atoms with E-state index in [0.717, 1.165) is 31.2 Å². The Labute approximate surface area is 126 Å². The van der Waals surface area contributed by atoms with E-state index < -0.39 is 5.60 Å². The first-order chi connectivity index (χ1) is 9.80. The molecule has 1 aliphatic heterocycles. The maximum absolute atomic E-state index is 12.1. The second-order valence-corrected chi connectivity index (χ2v) is 6.98. The fraction of sp³-hybridized carbons (Fsp3) is 0.750. The highest BCUT2D eigenvalue weighted by molar-refractivity contribution is 5.74. The van der Waals surface area contributed by atoms with Gasteiger partial charge in [0.05, 0.1) is 0 Å². The molecule has 0 aromatic carbocycles. The molecule has 1 heterocycles. The van der Waals surface area contributed by atoms with Crippen molar-refractivity contribution in [2.24, 2.45) is 0 Å². The van der Waals surface area contributed by atoms with E-state index >= 15 is 0 Å². The number of rotatable bonds is 2. The highest BCUT2D eigenvalue weighted by Gasteiger charge is 2.33. The molecule has 0 aromatic heterocycles. The van der Waals surface area contributed by atoms with Crippen LogP contribution in [0.1, 0.15) is 40.5 Å². The standard InChI is InChI=1S/C16H26N2O3/c1-12-10-17(15(20)21-16(2,3)4)7-8-18(12)14-6-5-13(9-14)11-19/h9,11-12,14H,5-8,10H2,1-4H3/t12-,14?/m1/s1. The van der Waals surface area contributed by atoms with Gasteiger partial charge in [-0.05, 0) is 46.1 Å². The number of carbonyl (C=O) groups is 2. The first kappa shape index (κ1) is 16.0. The molecule has 0 radical (unpaired) electrons. The van der Waals surface area contributed by atoms with Gasteiger partial charge in [-0.3, -0.25) is 9.69 Å². The lowest BCUT2D eigenvalue weighted by Crippen LogP contribution is -2.56. The van der Waals surface area contributed by atoms with Crippen molar-refractivity contribution in [2.45, 2.75) is 58.2 Å². The van der Waals surface area contributed by atoms with E-state index in [9.17, 15) is 9.59 Å². The minimum Gasteiger partial charge on any atom is -0.444 e. The number of amides is 1. The molecule has 2 aliphatic rings. The number of aldehydes is 1. The lowest BCUT2D eigenvalue weighted by Gasteiger charge is -2.42. The van der Waals surface area contributed by atoms with Crippen LogP contribution in [0, 0.1) is 0 Å². The van der Waals surface area contributed by atoms with Crippen LogP contribution >= 0.6 is 0 Å². The Morgan fingerprint density at radius 2 is 2.10 bits per heavy atom. The molecule has 5 nitrogen and oxygen atoms in total. The molecular formula is C16H26N2O3. The third-order valence-electron chi connectivity index (χ3n) is 4.04. The van der Waals surface area contributed by atoms with Crippen LogP contribution in [-0.2, 0) is 9.53 Å². The predicted octanol–water partition coefficient (Wildman–Crippen LogP) is 2.22. The highest BCUT2D eigenvalue weighted by Crippen LogP contribution is 2.25. The van der Waals surface area contributed by atoms with Gasteiger partial charge in [-0.25, -0.2) is 4.79 Å². The van der Waals surface area contributed by atoms with Crippen molar-refractivity contribution in [1.29, 1.82) is 0 Å². The van der Waals surface area contributed by atoms with Gasteiger partial charge in [-0.2, -0.15) is 0 Å². The lowest BCUT2D eigenvalue weighted by atomic mass is 10.1. The van der Waals surface area contributed by atoms with Crippen molar-refractivity contribution in [3.63, 3.8) is 0 Å². The number of piperazine rings is 1. The Hall–Kier alpha value is -1.36. The summed E-state index contributed by atoms with van der Waals surface area (Å²) in [4.78, 5) is 27.1. The Bertz CT molecular complexity index is 439. The van der Waals surface area contributed by atoms with Gasteiger partial charge >= 0.3 is 6.09 Å². The van der Waals surface area contributed by atoms with Crippen LogP contribution in [0.15, 0.2) is 11.6 Å². The summed E-state index contributed by atoms with van der Waals surface area (Å²) in [5.74, 6) is 0. The van der Waals surface area contributed by atoms with E-state index in [1.54, 1.807) is 4.90 Å². The quantitative estimate of drug-likeness (QED) is 0.733. The Kier molecular flexibility index (Phi) is 4.71. The zero-order valence-corrected chi connectivity index (χ0v) is 13.5. The van der Waals surface area contributed by atoms with Gasteiger partial charge in [0.15, 0.2) is 0 Å². The van der Waals surface area contributed by atoms with Crippen molar-refractivity contribution in [1.82, 2.24) is 9.80 Å². The van der Waals surface area contributed by atoms with E-state index in [-0.39, 0.29) is 12.1 Å². The van der Waals surface area contributed by atoms with Crippen molar-refractivity contribution < 1.29 is 14.3 Å². The van der Waals surface area contributed by atoms with Crippen LogP contribution in [0.3, 0.4) is 0 Å². The third-order valence-corrected chi connectivity index (χ3v) is 4.04. The fourth-order valence-corrected chi connectivity index (χ4v) is 3.04. The molecule has 2 rings (SSSR count). The number of ether oxygens (including phenoxy) is 1. The van der Waals surface area contributed by atoms with Gasteiger partial charge in [-0.15, -0.1) is 0 Å². The zero-order chi connectivity index (χ0) is 15.6. The molecule has 1 saturated heterocycles. The molecule has 0 bridgehead atoms. The Morgan fingerprint density at radius 1 is 1.38 bits per heavy atom. The summed E-state index contributed by atoms with van der Waals surface area (Å²) in [5.41, 5.74) is 0.451. The van der Waals surface area contributed by atoms with Crippen molar-refractivity contribution in [3.05, 3.63) is 11.6 Å². The average Bonchev–Trinajstić information content (AvgIpc) is 2.85. The molecule has 0 N–H and O–H groups in total. The van der Waals surface area contributed by atoms with Crippen molar-refractivity contribution in [3.8, 4) is 0 Å². The first-order valence-corrected chi connectivity index (χ1v) is 7.69. The highest BCUT2D eigenvalue weighted by atomic mass is 16.6. The molecule has 5 heteroatoms.